The van der Waals surface area contributed by atoms with Crippen molar-refractivity contribution in [2.24, 2.45) is 0 Å². The van der Waals surface area contributed by atoms with E-state index in [1.54, 1.807) is 27.9 Å². The smallest absolute Gasteiger partial charge is 0.195 e. The molecule has 13 heavy (non-hydrogen) atoms. The SMILES string of the molecule is CO[C@]1(C)OC(C)(C)C(=O)[C@H]2O[C@H]21. The van der Waals surface area contributed by atoms with Crippen LogP contribution in [0.25, 0.3) is 0 Å². The van der Waals surface area contributed by atoms with Crippen LogP contribution < -0.4 is 0 Å². The molecule has 2 heterocycles. The first-order valence-electron chi connectivity index (χ1n) is 4.36. The van der Waals surface area contributed by atoms with Crippen LogP contribution in [0, 0.1) is 0 Å². The van der Waals surface area contributed by atoms with Crippen LogP contribution in [-0.2, 0) is 19.0 Å². The van der Waals surface area contributed by atoms with Crippen LogP contribution in [0.3, 0.4) is 0 Å². The minimum atomic E-state index is -0.803. The predicted molar refractivity (Wildman–Crippen MR) is 44.2 cm³/mol. The summed E-state index contributed by atoms with van der Waals surface area (Å²) in [6.07, 6.45) is -0.549. The molecule has 0 spiro atoms. The molecule has 0 aromatic carbocycles. The van der Waals surface area contributed by atoms with E-state index in [-0.39, 0.29) is 18.0 Å². The Labute approximate surface area is 77.1 Å². The average Bonchev–Trinajstić information content (AvgIpc) is 2.79. The quantitative estimate of drug-likeness (QED) is 0.559. The largest absolute Gasteiger partial charge is 0.355 e. The minimum absolute atomic E-state index is 0.00650. The van der Waals surface area contributed by atoms with Gasteiger partial charge < -0.3 is 14.2 Å². The van der Waals surface area contributed by atoms with Crippen molar-refractivity contribution in [3.8, 4) is 0 Å². The molecule has 4 nitrogen and oxygen atoms in total. The summed E-state index contributed by atoms with van der Waals surface area (Å²) in [6, 6.07) is 0. The molecule has 4 heteroatoms. The number of carbonyl (C=O) groups is 1. The Morgan fingerprint density at radius 1 is 1.38 bits per heavy atom. The first-order chi connectivity index (χ1) is 5.91. The number of hydrogen-bond acceptors (Lipinski definition) is 4. The average molecular weight is 186 g/mol. The van der Waals surface area contributed by atoms with Crippen LogP contribution in [0.2, 0.25) is 0 Å². The molecule has 2 fully saturated rings. The molecule has 0 aliphatic carbocycles. The topological polar surface area (TPSA) is 48.1 Å². The second-order valence-corrected chi connectivity index (χ2v) is 4.17. The van der Waals surface area contributed by atoms with Crippen LogP contribution in [0.5, 0.6) is 0 Å². The van der Waals surface area contributed by atoms with E-state index < -0.39 is 11.4 Å². The van der Waals surface area contributed by atoms with Crippen molar-refractivity contribution < 1.29 is 19.0 Å². The Hall–Kier alpha value is -0.450. The summed E-state index contributed by atoms with van der Waals surface area (Å²) in [5, 5.41) is 0. The Morgan fingerprint density at radius 3 is 2.54 bits per heavy atom. The van der Waals surface area contributed by atoms with Crippen molar-refractivity contribution in [2.75, 3.05) is 7.11 Å². The van der Waals surface area contributed by atoms with Crippen molar-refractivity contribution in [2.45, 2.75) is 44.4 Å². The lowest BCUT2D eigenvalue weighted by Crippen LogP contribution is -2.55. The van der Waals surface area contributed by atoms with E-state index in [0.717, 1.165) is 0 Å². The van der Waals surface area contributed by atoms with Crippen LogP contribution in [0.1, 0.15) is 20.8 Å². The van der Waals surface area contributed by atoms with Gasteiger partial charge in [-0.1, -0.05) is 0 Å². The number of fused-ring (bicyclic) bond motifs is 1. The molecular weight excluding hydrogens is 172 g/mol. The third-order valence-corrected chi connectivity index (χ3v) is 2.72. The third kappa shape index (κ3) is 1.13. The predicted octanol–water partition coefficient (Wildman–Crippen LogP) is 0.494. The molecule has 0 aromatic rings. The molecule has 2 aliphatic heterocycles. The molecule has 0 aromatic heterocycles. The van der Waals surface area contributed by atoms with Crippen LogP contribution in [-0.4, -0.2) is 36.5 Å². The maximum atomic E-state index is 11.6. The molecule has 2 rings (SSSR count). The zero-order valence-corrected chi connectivity index (χ0v) is 8.29. The van der Waals surface area contributed by atoms with Gasteiger partial charge in [0.1, 0.15) is 11.7 Å². The highest BCUT2D eigenvalue weighted by Gasteiger charge is 2.66. The highest BCUT2D eigenvalue weighted by atomic mass is 16.8. The van der Waals surface area contributed by atoms with Gasteiger partial charge in [0.25, 0.3) is 0 Å². The molecule has 3 atom stereocenters. The number of Topliss-reactive ketones (excluding diaryl/α,β-unsaturated/α-hetero) is 1. The Bertz CT molecular complexity index is 260. The summed E-state index contributed by atoms with van der Waals surface area (Å²) < 4.78 is 16.0. The fraction of sp³-hybridized carbons (Fsp3) is 0.889. The summed E-state index contributed by atoms with van der Waals surface area (Å²) in [5.74, 6) is -0.769. The summed E-state index contributed by atoms with van der Waals surface area (Å²) in [5.41, 5.74) is -0.803. The number of hydrogen-bond donors (Lipinski definition) is 0. The van der Waals surface area contributed by atoms with Gasteiger partial charge in [0.15, 0.2) is 17.7 Å². The first kappa shape index (κ1) is 9.12. The number of ketones is 1. The zero-order valence-electron chi connectivity index (χ0n) is 8.29. The second-order valence-electron chi connectivity index (χ2n) is 4.17. The first-order valence-corrected chi connectivity index (χ1v) is 4.36. The molecular formula is C9H14O4. The normalized spacial score (nSPS) is 47.2. The van der Waals surface area contributed by atoms with Gasteiger partial charge in [0.05, 0.1) is 0 Å². The fourth-order valence-corrected chi connectivity index (χ4v) is 1.83. The minimum Gasteiger partial charge on any atom is -0.355 e. The molecule has 0 saturated carbocycles. The van der Waals surface area contributed by atoms with E-state index in [2.05, 4.69) is 0 Å². The summed E-state index contributed by atoms with van der Waals surface area (Å²) in [4.78, 5) is 11.6. The standard InChI is InChI=1S/C9H14O4/c1-8(2)6(10)5-7(12-5)9(3,11-4)13-8/h5,7H,1-4H3/t5-,7-,9-/m1/s1. The van der Waals surface area contributed by atoms with Gasteiger partial charge in [0.2, 0.25) is 0 Å². The third-order valence-electron chi connectivity index (χ3n) is 2.72. The van der Waals surface area contributed by atoms with E-state index in [4.69, 9.17) is 14.2 Å². The van der Waals surface area contributed by atoms with Crippen molar-refractivity contribution >= 4 is 5.78 Å². The van der Waals surface area contributed by atoms with Gasteiger partial charge >= 0.3 is 0 Å². The molecule has 74 valence electrons. The van der Waals surface area contributed by atoms with E-state index in [0.29, 0.717) is 0 Å². The van der Waals surface area contributed by atoms with Crippen molar-refractivity contribution in [1.82, 2.24) is 0 Å². The van der Waals surface area contributed by atoms with Gasteiger partial charge in [-0.05, 0) is 20.8 Å². The molecule has 0 unspecified atom stereocenters. The fourth-order valence-electron chi connectivity index (χ4n) is 1.83. The zero-order chi connectivity index (χ0) is 9.85. The lowest BCUT2D eigenvalue weighted by Gasteiger charge is -2.38. The molecule has 0 radical (unpaired) electrons. The number of rotatable bonds is 1. The van der Waals surface area contributed by atoms with Crippen molar-refractivity contribution in [3.05, 3.63) is 0 Å². The maximum absolute atomic E-state index is 11.6. The van der Waals surface area contributed by atoms with E-state index in [1.807, 2.05) is 0 Å². The van der Waals surface area contributed by atoms with Gasteiger partial charge in [-0.3, -0.25) is 4.79 Å². The van der Waals surface area contributed by atoms with E-state index >= 15 is 0 Å². The lowest BCUT2D eigenvalue weighted by atomic mass is 9.92. The van der Waals surface area contributed by atoms with Crippen molar-refractivity contribution in [1.29, 1.82) is 0 Å². The molecule has 0 bridgehead atoms. The Kier molecular flexibility index (Phi) is 1.63. The second kappa shape index (κ2) is 2.32. The van der Waals surface area contributed by atoms with E-state index in [1.165, 1.54) is 0 Å². The number of methoxy groups -OCH3 is 1. The lowest BCUT2D eigenvalue weighted by molar-refractivity contribution is -0.268. The number of ether oxygens (including phenoxy) is 3. The van der Waals surface area contributed by atoms with Crippen LogP contribution in [0.4, 0.5) is 0 Å². The van der Waals surface area contributed by atoms with E-state index in [9.17, 15) is 4.79 Å². The molecule has 0 N–H and O–H groups in total. The molecule has 2 saturated heterocycles. The van der Waals surface area contributed by atoms with Gasteiger partial charge in [-0.25, -0.2) is 0 Å². The number of carbonyl (C=O) groups excluding carboxylic acids is 1. The monoisotopic (exact) mass is 186 g/mol. The van der Waals surface area contributed by atoms with Crippen molar-refractivity contribution in [3.63, 3.8) is 0 Å². The maximum Gasteiger partial charge on any atom is 0.195 e. The summed E-state index contributed by atoms with van der Waals surface area (Å²) in [7, 11) is 1.56. The highest BCUT2D eigenvalue weighted by molar-refractivity contribution is 5.94. The van der Waals surface area contributed by atoms with Gasteiger partial charge in [0, 0.05) is 7.11 Å². The summed E-state index contributed by atoms with van der Waals surface area (Å²) in [6.45, 7) is 5.28. The molecule has 2 aliphatic rings. The van der Waals surface area contributed by atoms with Gasteiger partial charge in [-0.2, -0.15) is 0 Å². The highest BCUT2D eigenvalue weighted by Crippen LogP contribution is 2.45. The Morgan fingerprint density at radius 2 is 2.00 bits per heavy atom. The van der Waals surface area contributed by atoms with Crippen LogP contribution >= 0.6 is 0 Å². The summed E-state index contributed by atoms with van der Waals surface area (Å²) >= 11 is 0. The molecule has 0 amide bonds. The number of epoxide rings is 1. The van der Waals surface area contributed by atoms with Crippen LogP contribution in [0.15, 0.2) is 0 Å². The Balaban J connectivity index is 2.27. The van der Waals surface area contributed by atoms with Gasteiger partial charge in [-0.15, -0.1) is 0 Å².